The zero-order valence-corrected chi connectivity index (χ0v) is 8.29. The van der Waals surface area contributed by atoms with E-state index in [0.29, 0.717) is 12.5 Å². The summed E-state index contributed by atoms with van der Waals surface area (Å²) in [6.45, 7) is 3.46. The number of rotatable bonds is 4. The third-order valence-corrected chi connectivity index (χ3v) is 2.86. The van der Waals surface area contributed by atoms with Gasteiger partial charge in [0.2, 0.25) is 0 Å². The Bertz CT molecular complexity index is 121. The van der Waals surface area contributed by atoms with Crippen molar-refractivity contribution in [2.24, 2.45) is 5.92 Å². The van der Waals surface area contributed by atoms with Gasteiger partial charge in [0.05, 0.1) is 0 Å². The van der Waals surface area contributed by atoms with E-state index in [1.54, 1.807) is 0 Å². The van der Waals surface area contributed by atoms with Gasteiger partial charge < -0.3 is 10.0 Å². The molecule has 2 nitrogen and oxygen atoms in total. The second-order valence-electron chi connectivity index (χ2n) is 4.17. The third kappa shape index (κ3) is 2.76. The lowest BCUT2D eigenvalue weighted by molar-refractivity contribution is 0.162. The molecular formula is C10H21NO. The van der Waals surface area contributed by atoms with E-state index in [2.05, 4.69) is 18.9 Å². The molecule has 0 radical (unpaired) electrons. The minimum Gasteiger partial charge on any atom is -0.396 e. The summed E-state index contributed by atoms with van der Waals surface area (Å²) in [5, 5.41) is 8.90. The van der Waals surface area contributed by atoms with Gasteiger partial charge in [-0.2, -0.15) is 0 Å². The van der Waals surface area contributed by atoms with Crippen LogP contribution in [0.15, 0.2) is 0 Å². The van der Waals surface area contributed by atoms with Gasteiger partial charge in [-0.3, -0.25) is 0 Å². The molecular weight excluding hydrogens is 150 g/mol. The molecule has 0 amide bonds. The predicted octanol–water partition coefficient (Wildman–Crippen LogP) is 1.49. The van der Waals surface area contributed by atoms with Crippen molar-refractivity contribution in [3.05, 3.63) is 0 Å². The second-order valence-corrected chi connectivity index (χ2v) is 4.17. The van der Waals surface area contributed by atoms with Crippen molar-refractivity contribution < 1.29 is 5.11 Å². The van der Waals surface area contributed by atoms with Crippen LogP contribution in [0.5, 0.6) is 0 Å². The van der Waals surface area contributed by atoms with E-state index in [0.717, 1.165) is 12.6 Å². The molecule has 0 saturated heterocycles. The molecule has 0 aromatic rings. The molecule has 1 atom stereocenters. The number of aliphatic hydroxyl groups is 1. The van der Waals surface area contributed by atoms with Gasteiger partial charge in [0.1, 0.15) is 0 Å². The molecule has 1 aliphatic rings. The maximum absolute atomic E-state index is 8.90. The van der Waals surface area contributed by atoms with Gasteiger partial charge in [0.15, 0.2) is 0 Å². The molecule has 1 rings (SSSR count). The summed E-state index contributed by atoms with van der Waals surface area (Å²) in [5.41, 5.74) is 0. The minimum atomic E-state index is 0.317. The van der Waals surface area contributed by atoms with E-state index in [9.17, 15) is 0 Å². The van der Waals surface area contributed by atoms with Crippen molar-refractivity contribution in [2.75, 3.05) is 20.2 Å². The first-order chi connectivity index (χ1) is 5.74. The van der Waals surface area contributed by atoms with Crippen LogP contribution in [0.25, 0.3) is 0 Å². The number of aliphatic hydroxyl groups excluding tert-OH is 1. The van der Waals surface area contributed by atoms with E-state index in [1.807, 2.05) is 0 Å². The highest BCUT2D eigenvalue weighted by atomic mass is 16.3. The van der Waals surface area contributed by atoms with Crippen LogP contribution in [-0.4, -0.2) is 36.2 Å². The lowest BCUT2D eigenvalue weighted by Crippen LogP contribution is -2.33. The SMILES string of the molecule is CC(CO)CN(C)C1CCCC1. The molecule has 0 bridgehead atoms. The zero-order valence-electron chi connectivity index (χ0n) is 8.29. The van der Waals surface area contributed by atoms with Crippen molar-refractivity contribution in [1.29, 1.82) is 0 Å². The van der Waals surface area contributed by atoms with Crippen molar-refractivity contribution in [3.63, 3.8) is 0 Å². The first kappa shape index (κ1) is 10.0. The Balaban J connectivity index is 2.21. The normalized spacial score (nSPS) is 22.0. The summed E-state index contributed by atoms with van der Waals surface area (Å²) >= 11 is 0. The summed E-state index contributed by atoms with van der Waals surface area (Å²) in [6, 6.07) is 0.791. The van der Waals surface area contributed by atoms with E-state index in [1.165, 1.54) is 25.7 Å². The van der Waals surface area contributed by atoms with Gasteiger partial charge in [-0.25, -0.2) is 0 Å². The predicted molar refractivity (Wildman–Crippen MR) is 51.1 cm³/mol. The fraction of sp³-hybridized carbons (Fsp3) is 1.00. The summed E-state index contributed by atoms with van der Waals surface area (Å²) < 4.78 is 0. The Labute approximate surface area is 75.6 Å². The first-order valence-electron chi connectivity index (χ1n) is 5.05. The second kappa shape index (κ2) is 4.83. The van der Waals surface area contributed by atoms with Gasteiger partial charge >= 0.3 is 0 Å². The molecule has 1 fully saturated rings. The highest BCUT2D eigenvalue weighted by Crippen LogP contribution is 2.22. The van der Waals surface area contributed by atoms with E-state index in [-0.39, 0.29) is 0 Å². The molecule has 0 aliphatic heterocycles. The standard InChI is InChI=1S/C10H21NO/c1-9(8-12)7-11(2)10-5-3-4-6-10/h9-10,12H,3-8H2,1-2H3. The molecule has 1 N–H and O–H groups in total. The fourth-order valence-corrected chi connectivity index (χ4v) is 2.04. The van der Waals surface area contributed by atoms with Crippen molar-refractivity contribution in [1.82, 2.24) is 4.90 Å². The quantitative estimate of drug-likeness (QED) is 0.692. The molecule has 0 heterocycles. The van der Waals surface area contributed by atoms with E-state index in [4.69, 9.17) is 5.11 Å². The molecule has 1 unspecified atom stereocenters. The molecule has 12 heavy (non-hydrogen) atoms. The number of nitrogens with zero attached hydrogens (tertiary/aromatic N) is 1. The van der Waals surface area contributed by atoms with Crippen LogP contribution >= 0.6 is 0 Å². The largest absolute Gasteiger partial charge is 0.396 e. The topological polar surface area (TPSA) is 23.5 Å². The van der Waals surface area contributed by atoms with Crippen LogP contribution in [0.4, 0.5) is 0 Å². The maximum atomic E-state index is 8.90. The molecule has 0 spiro atoms. The van der Waals surface area contributed by atoms with Crippen LogP contribution in [0, 0.1) is 5.92 Å². The average Bonchev–Trinajstić information content (AvgIpc) is 2.56. The van der Waals surface area contributed by atoms with Crippen LogP contribution in [0.3, 0.4) is 0 Å². The lowest BCUT2D eigenvalue weighted by Gasteiger charge is -2.26. The van der Waals surface area contributed by atoms with Crippen LogP contribution in [0.2, 0.25) is 0 Å². The molecule has 1 saturated carbocycles. The van der Waals surface area contributed by atoms with Crippen LogP contribution in [0.1, 0.15) is 32.6 Å². The van der Waals surface area contributed by atoms with Crippen molar-refractivity contribution in [3.8, 4) is 0 Å². The van der Waals surface area contributed by atoms with Gasteiger partial charge in [0.25, 0.3) is 0 Å². The third-order valence-electron chi connectivity index (χ3n) is 2.86. The summed E-state index contributed by atoms with van der Waals surface area (Å²) in [5.74, 6) is 0.426. The average molecular weight is 171 g/mol. The van der Waals surface area contributed by atoms with Crippen molar-refractivity contribution in [2.45, 2.75) is 38.6 Å². The van der Waals surface area contributed by atoms with Gasteiger partial charge in [-0.1, -0.05) is 19.8 Å². The van der Waals surface area contributed by atoms with Gasteiger partial charge in [-0.15, -0.1) is 0 Å². The first-order valence-corrected chi connectivity index (χ1v) is 5.05. The summed E-state index contributed by atoms with van der Waals surface area (Å²) in [6.07, 6.45) is 5.49. The van der Waals surface area contributed by atoms with Crippen LogP contribution in [-0.2, 0) is 0 Å². The monoisotopic (exact) mass is 171 g/mol. The molecule has 2 heteroatoms. The van der Waals surface area contributed by atoms with Crippen molar-refractivity contribution >= 4 is 0 Å². The lowest BCUT2D eigenvalue weighted by atomic mass is 10.1. The Morgan fingerprint density at radius 2 is 2.00 bits per heavy atom. The highest BCUT2D eigenvalue weighted by molar-refractivity contribution is 4.75. The Hall–Kier alpha value is -0.0800. The minimum absolute atomic E-state index is 0.317. The van der Waals surface area contributed by atoms with E-state index >= 15 is 0 Å². The van der Waals surface area contributed by atoms with Gasteiger partial charge in [-0.05, 0) is 25.8 Å². The van der Waals surface area contributed by atoms with Crippen LogP contribution < -0.4 is 0 Å². The Morgan fingerprint density at radius 1 is 1.42 bits per heavy atom. The highest BCUT2D eigenvalue weighted by Gasteiger charge is 2.20. The fourth-order valence-electron chi connectivity index (χ4n) is 2.04. The Morgan fingerprint density at radius 3 is 2.50 bits per heavy atom. The molecule has 72 valence electrons. The molecule has 0 aromatic heterocycles. The number of hydrogen-bond donors (Lipinski definition) is 1. The molecule has 0 aromatic carbocycles. The maximum Gasteiger partial charge on any atom is 0.0468 e. The zero-order chi connectivity index (χ0) is 8.97. The Kier molecular flexibility index (Phi) is 4.02. The smallest absolute Gasteiger partial charge is 0.0468 e. The molecule has 1 aliphatic carbocycles. The summed E-state index contributed by atoms with van der Waals surface area (Å²) in [4.78, 5) is 2.41. The van der Waals surface area contributed by atoms with E-state index < -0.39 is 0 Å². The number of hydrogen-bond acceptors (Lipinski definition) is 2. The summed E-state index contributed by atoms with van der Waals surface area (Å²) in [7, 11) is 2.18. The van der Waals surface area contributed by atoms with Gasteiger partial charge in [0, 0.05) is 19.2 Å².